The van der Waals surface area contributed by atoms with E-state index in [0.717, 1.165) is 17.2 Å². The molecule has 0 aliphatic heterocycles. The number of carboxylic acids is 1. The highest BCUT2D eigenvalue weighted by Crippen LogP contribution is 2.30. The van der Waals surface area contributed by atoms with Crippen molar-refractivity contribution in [1.29, 1.82) is 0 Å². The Morgan fingerprint density at radius 1 is 1.30 bits per heavy atom. The van der Waals surface area contributed by atoms with Gasteiger partial charge in [0.2, 0.25) is 0 Å². The maximum absolute atomic E-state index is 10.9. The molecule has 0 heterocycles. The number of hydrogen-bond acceptors (Lipinski definition) is 2. The Bertz CT molecular complexity index is 462. The second kappa shape index (κ2) is 6.78. The molecule has 1 aromatic carbocycles. The zero-order chi connectivity index (χ0) is 14.5. The molecule has 0 bridgehead atoms. The van der Waals surface area contributed by atoms with Gasteiger partial charge in [0.25, 0.3) is 0 Å². The van der Waals surface area contributed by atoms with E-state index in [9.17, 15) is 4.79 Å². The summed E-state index contributed by atoms with van der Waals surface area (Å²) in [5, 5.41) is 12.6. The summed E-state index contributed by atoms with van der Waals surface area (Å²) in [7, 11) is 0. The lowest BCUT2D eigenvalue weighted by atomic mass is 9.83. The third-order valence-electron chi connectivity index (χ3n) is 4.38. The molecule has 1 aromatic rings. The summed E-state index contributed by atoms with van der Waals surface area (Å²) in [6.07, 6.45) is 7.74. The molecule has 3 nitrogen and oxygen atoms in total. The van der Waals surface area contributed by atoms with Crippen molar-refractivity contribution in [3.05, 3.63) is 29.3 Å². The zero-order valence-electron chi connectivity index (χ0n) is 12.5. The van der Waals surface area contributed by atoms with Gasteiger partial charge in [-0.1, -0.05) is 19.8 Å². The van der Waals surface area contributed by atoms with E-state index in [1.165, 1.54) is 38.5 Å². The molecule has 1 saturated carbocycles. The van der Waals surface area contributed by atoms with Gasteiger partial charge in [-0.3, -0.25) is 0 Å². The van der Waals surface area contributed by atoms with Crippen LogP contribution >= 0.6 is 0 Å². The second-order valence-corrected chi connectivity index (χ2v) is 5.99. The SMILES string of the molecule is CCCC1CCC(Nc2ccc(C(=O)O)cc2C)CC1. The molecule has 0 atom stereocenters. The molecule has 1 aliphatic carbocycles. The first-order chi connectivity index (χ1) is 9.60. The zero-order valence-corrected chi connectivity index (χ0v) is 12.5. The number of aromatic carboxylic acids is 1. The molecule has 110 valence electrons. The Labute approximate surface area is 121 Å². The van der Waals surface area contributed by atoms with E-state index in [0.29, 0.717) is 11.6 Å². The van der Waals surface area contributed by atoms with Crippen LogP contribution in [0.25, 0.3) is 0 Å². The van der Waals surface area contributed by atoms with Crippen LogP contribution in [0.3, 0.4) is 0 Å². The van der Waals surface area contributed by atoms with Crippen molar-refractivity contribution in [3.63, 3.8) is 0 Å². The molecule has 2 N–H and O–H groups in total. The van der Waals surface area contributed by atoms with E-state index in [4.69, 9.17) is 5.11 Å². The van der Waals surface area contributed by atoms with Crippen LogP contribution in [0, 0.1) is 12.8 Å². The number of benzene rings is 1. The van der Waals surface area contributed by atoms with Crippen molar-refractivity contribution in [2.75, 3.05) is 5.32 Å². The lowest BCUT2D eigenvalue weighted by Gasteiger charge is -2.30. The van der Waals surface area contributed by atoms with Gasteiger partial charge in [-0.25, -0.2) is 4.79 Å². The fourth-order valence-electron chi connectivity index (χ4n) is 3.18. The number of hydrogen-bond donors (Lipinski definition) is 2. The van der Waals surface area contributed by atoms with E-state index in [-0.39, 0.29) is 0 Å². The first-order valence-electron chi connectivity index (χ1n) is 7.70. The number of rotatable bonds is 5. The summed E-state index contributed by atoms with van der Waals surface area (Å²) in [5.74, 6) is 0.0493. The minimum Gasteiger partial charge on any atom is -0.478 e. The fraction of sp³-hybridized carbons (Fsp3) is 0.588. The number of anilines is 1. The average Bonchev–Trinajstić information content (AvgIpc) is 2.43. The van der Waals surface area contributed by atoms with Gasteiger partial charge in [0.1, 0.15) is 0 Å². The van der Waals surface area contributed by atoms with Crippen LogP contribution in [0.1, 0.15) is 61.4 Å². The summed E-state index contributed by atoms with van der Waals surface area (Å²) in [4.78, 5) is 10.9. The predicted molar refractivity (Wildman–Crippen MR) is 82.4 cm³/mol. The molecular weight excluding hydrogens is 250 g/mol. The Kier molecular flexibility index (Phi) is 5.05. The Balaban J connectivity index is 1.93. The summed E-state index contributed by atoms with van der Waals surface area (Å²) >= 11 is 0. The van der Waals surface area contributed by atoms with Crippen molar-refractivity contribution >= 4 is 11.7 Å². The van der Waals surface area contributed by atoms with Gasteiger partial charge in [-0.2, -0.15) is 0 Å². The van der Waals surface area contributed by atoms with Crippen molar-refractivity contribution in [3.8, 4) is 0 Å². The van der Waals surface area contributed by atoms with Crippen LogP contribution in [0.15, 0.2) is 18.2 Å². The van der Waals surface area contributed by atoms with Crippen LogP contribution in [-0.4, -0.2) is 17.1 Å². The molecule has 0 radical (unpaired) electrons. The first kappa shape index (κ1) is 14.9. The van der Waals surface area contributed by atoms with Gasteiger partial charge >= 0.3 is 5.97 Å². The van der Waals surface area contributed by atoms with Crippen LogP contribution < -0.4 is 5.32 Å². The van der Waals surface area contributed by atoms with Gasteiger partial charge in [0.15, 0.2) is 0 Å². The molecule has 0 aromatic heterocycles. The Morgan fingerprint density at radius 3 is 2.55 bits per heavy atom. The van der Waals surface area contributed by atoms with Gasteiger partial charge in [-0.05, 0) is 62.3 Å². The van der Waals surface area contributed by atoms with E-state index in [1.54, 1.807) is 12.1 Å². The number of carbonyl (C=O) groups is 1. The maximum Gasteiger partial charge on any atom is 0.335 e. The van der Waals surface area contributed by atoms with Crippen molar-refractivity contribution in [1.82, 2.24) is 0 Å². The molecule has 20 heavy (non-hydrogen) atoms. The van der Waals surface area contributed by atoms with Gasteiger partial charge in [0, 0.05) is 11.7 Å². The predicted octanol–water partition coefficient (Wildman–Crippen LogP) is 4.46. The minimum absolute atomic E-state index is 0.361. The molecule has 3 heteroatoms. The Hall–Kier alpha value is -1.51. The van der Waals surface area contributed by atoms with Crippen molar-refractivity contribution in [2.45, 2.75) is 58.4 Å². The molecular formula is C17H25NO2. The standard InChI is InChI=1S/C17H25NO2/c1-3-4-13-5-8-15(9-6-13)18-16-10-7-14(17(19)20)11-12(16)2/h7,10-11,13,15,18H,3-6,8-9H2,1-2H3,(H,19,20). The number of carboxylic acid groups (broad SMARTS) is 1. The van der Waals surface area contributed by atoms with Gasteiger partial charge in [0.05, 0.1) is 5.56 Å². The summed E-state index contributed by atoms with van der Waals surface area (Å²) in [5.41, 5.74) is 2.45. The lowest BCUT2D eigenvalue weighted by Crippen LogP contribution is -2.26. The molecule has 0 saturated heterocycles. The normalized spacial score (nSPS) is 22.5. The highest BCUT2D eigenvalue weighted by Gasteiger charge is 2.20. The average molecular weight is 275 g/mol. The van der Waals surface area contributed by atoms with Crippen LogP contribution in [0.2, 0.25) is 0 Å². The second-order valence-electron chi connectivity index (χ2n) is 5.99. The van der Waals surface area contributed by atoms with Crippen LogP contribution in [-0.2, 0) is 0 Å². The molecule has 0 spiro atoms. The van der Waals surface area contributed by atoms with E-state index in [1.807, 2.05) is 13.0 Å². The molecule has 1 fully saturated rings. The van der Waals surface area contributed by atoms with E-state index >= 15 is 0 Å². The molecule has 2 rings (SSSR count). The number of nitrogens with one attached hydrogen (secondary N) is 1. The highest BCUT2D eigenvalue weighted by atomic mass is 16.4. The smallest absolute Gasteiger partial charge is 0.335 e. The minimum atomic E-state index is -0.861. The van der Waals surface area contributed by atoms with E-state index < -0.39 is 5.97 Å². The third kappa shape index (κ3) is 3.75. The largest absolute Gasteiger partial charge is 0.478 e. The Morgan fingerprint density at radius 2 is 2.00 bits per heavy atom. The van der Waals surface area contributed by atoms with Gasteiger partial charge < -0.3 is 10.4 Å². The topological polar surface area (TPSA) is 49.3 Å². The summed E-state index contributed by atoms with van der Waals surface area (Å²) in [6, 6.07) is 5.86. The fourth-order valence-corrected chi connectivity index (χ4v) is 3.18. The quantitative estimate of drug-likeness (QED) is 0.834. The lowest BCUT2D eigenvalue weighted by molar-refractivity contribution is 0.0697. The monoisotopic (exact) mass is 275 g/mol. The van der Waals surface area contributed by atoms with E-state index in [2.05, 4.69) is 12.2 Å². The van der Waals surface area contributed by atoms with Gasteiger partial charge in [-0.15, -0.1) is 0 Å². The summed E-state index contributed by atoms with van der Waals surface area (Å²) < 4.78 is 0. The maximum atomic E-state index is 10.9. The number of aryl methyl sites for hydroxylation is 1. The summed E-state index contributed by atoms with van der Waals surface area (Å²) in [6.45, 7) is 4.23. The molecule has 0 amide bonds. The first-order valence-corrected chi connectivity index (χ1v) is 7.70. The van der Waals surface area contributed by atoms with Crippen LogP contribution in [0.4, 0.5) is 5.69 Å². The molecule has 1 aliphatic rings. The highest BCUT2D eigenvalue weighted by molar-refractivity contribution is 5.88. The van der Waals surface area contributed by atoms with Crippen molar-refractivity contribution in [2.24, 2.45) is 5.92 Å². The van der Waals surface area contributed by atoms with Crippen LogP contribution in [0.5, 0.6) is 0 Å². The molecule has 0 unspecified atom stereocenters. The third-order valence-corrected chi connectivity index (χ3v) is 4.38. The van der Waals surface area contributed by atoms with Crippen molar-refractivity contribution < 1.29 is 9.90 Å².